The van der Waals surface area contributed by atoms with Gasteiger partial charge in [0.25, 0.3) is 5.91 Å². The second-order valence-electron chi connectivity index (χ2n) is 4.52. The number of fused-ring (bicyclic) bond motifs is 1. The van der Waals surface area contributed by atoms with E-state index in [2.05, 4.69) is 20.2 Å². The summed E-state index contributed by atoms with van der Waals surface area (Å²) in [5.74, 6) is -0.0659. The van der Waals surface area contributed by atoms with E-state index in [1.54, 1.807) is 0 Å². The Hall–Kier alpha value is -1.40. The highest BCUT2D eigenvalue weighted by Gasteiger charge is 2.14. The molecule has 18 heavy (non-hydrogen) atoms. The number of likely N-dealkylation sites (tertiary alicyclic amines) is 1. The van der Waals surface area contributed by atoms with E-state index < -0.39 is 0 Å². The first-order valence-electron chi connectivity index (χ1n) is 6.27. The number of hydrogen-bond donors (Lipinski definition) is 2. The zero-order chi connectivity index (χ0) is 12.4. The van der Waals surface area contributed by atoms with Gasteiger partial charge < -0.3 is 15.2 Å². The minimum absolute atomic E-state index is 0.0659. The van der Waals surface area contributed by atoms with Gasteiger partial charge in [-0.15, -0.1) is 0 Å². The Labute approximate surface area is 109 Å². The molecular formula is C12H16N4OS. The van der Waals surface area contributed by atoms with E-state index in [0.29, 0.717) is 11.6 Å². The van der Waals surface area contributed by atoms with E-state index in [1.165, 1.54) is 24.2 Å². The Balaban J connectivity index is 1.53. The molecule has 1 saturated heterocycles. The Kier molecular flexibility index (Phi) is 3.29. The molecule has 1 aliphatic heterocycles. The van der Waals surface area contributed by atoms with Gasteiger partial charge in [0, 0.05) is 19.3 Å². The monoisotopic (exact) mass is 264 g/mol. The quantitative estimate of drug-likeness (QED) is 0.878. The fourth-order valence-corrected chi connectivity index (χ4v) is 3.10. The molecule has 0 unspecified atom stereocenters. The third kappa shape index (κ3) is 2.39. The predicted octanol–water partition coefficient (Wildman–Crippen LogP) is 1.45. The van der Waals surface area contributed by atoms with Crippen LogP contribution in [-0.2, 0) is 0 Å². The lowest BCUT2D eigenvalue weighted by molar-refractivity contribution is 0.0949. The number of amides is 1. The van der Waals surface area contributed by atoms with Crippen LogP contribution >= 0.6 is 11.3 Å². The molecule has 5 nitrogen and oxygen atoms in total. The first kappa shape index (κ1) is 11.7. The number of carbonyl (C=O) groups is 1. The molecule has 2 aromatic heterocycles. The number of nitrogens with zero attached hydrogens (tertiary/aromatic N) is 2. The highest BCUT2D eigenvalue weighted by Crippen LogP contribution is 2.19. The van der Waals surface area contributed by atoms with Crippen LogP contribution in [0.15, 0.2) is 12.3 Å². The summed E-state index contributed by atoms with van der Waals surface area (Å²) in [5.41, 5.74) is 0.865. The molecule has 2 N–H and O–H groups in total. The number of nitrogens with one attached hydrogen (secondary N) is 2. The average molecular weight is 264 g/mol. The number of rotatable bonds is 4. The van der Waals surface area contributed by atoms with Crippen LogP contribution in [0.3, 0.4) is 0 Å². The molecule has 0 aliphatic carbocycles. The summed E-state index contributed by atoms with van der Waals surface area (Å²) in [6, 6.07) is 1.88. The van der Waals surface area contributed by atoms with Crippen LogP contribution in [0.1, 0.15) is 22.6 Å². The zero-order valence-electron chi connectivity index (χ0n) is 10.1. The minimum Gasteiger partial charge on any atom is -0.352 e. The molecule has 0 spiro atoms. The molecule has 1 fully saturated rings. The van der Waals surface area contributed by atoms with E-state index in [9.17, 15) is 4.79 Å². The van der Waals surface area contributed by atoms with E-state index >= 15 is 0 Å². The number of hydrogen-bond acceptors (Lipinski definition) is 4. The number of thiazole rings is 1. The van der Waals surface area contributed by atoms with Crippen molar-refractivity contribution in [2.45, 2.75) is 12.8 Å². The summed E-state index contributed by atoms with van der Waals surface area (Å²) in [6.45, 7) is 3.97. The van der Waals surface area contributed by atoms with Gasteiger partial charge >= 0.3 is 0 Å². The Morgan fingerprint density at radius 3 is 3.11 bits per heavy atom. The number of aromatic nitrogens is 2. The third-order valence-electron chi connectivity index (χ3n) is 3.22. The average Bonchev–Trinajstić information content (AvgIpc) is 3.04. The van der Waals surface area contributed by atoms with E-state index in [0.717, 1.165) is 30.0 Å². The number of H-pyrrole nitrogens is 1. The summed E-state index contributed by atoms with van der Waals surface area (Å²) >= 11 is 1.40. The third-order valence-corrected chi connectivity index (χ3v) is 4.22. The molecule has 3 rings (SSSR count). The van der Waals surface area contributed by atoms with Crippen molar-refractivity contribution >= 4 is 27.6 Å². The molecule has 0 aromatic carbocycles. The van der Waals surface area contributed by atoms with E-state index in [1.807, 2.05) is 12.3 Å². The minimum atomic E-state index is -0.0659. The highest BCUT2D eigenvalue weighted by atomic mass is 32.1. The second kappa shape index (κ2) is 5.07. The van der Waals surface area contributed by atoms with Crippen molar-refractivity contribution < 1.29 is 4.79 Å². The van der Waals surface area contributed by atoms with Crippen molar-refractivity contribution in [3.8, 4) is 0 Å². The summed E-state index contributed by atoms with van der Waals surface area (Å²) in [6.07, 6.45) is 4.40. The van der Waals surface area contributed by atoms with Gasteiger partial charge in [-0.05, 0) is 32.0 Å². The summed E-state index contributed by atoms with van der Waals surface area (Å²) in [4.78, 5) is 22.6. The van der Waals surface area contributed by atoms with Crippen LogP contribution in [-0.4, -0.2) is 47.0 Å². The van der Waals surface area contributed by atoms with Crippen molar-refractivity contribution in [3.63, 3.8) is 0 Å². The van der Waals surface area contributed by atoms with Gasteiger partial charge in [-0.2, -0.15) is 0 Å². The van der Waals surface area contributed by atoms with Crippen LogP contribution in [0.5, 0.6) is 0 Å². The lowest BCUT2D eigenvalue weighted by Crippen LogP contribution is -2.33. The summed E-state index contributed by atoms with van der Waals surface area (Å²) < 4.78 is 0. The van der Waals surface area contributed by atoms with Crippen molar-refractivity contribution in [2.75, 3.05) is 26.2 Å². The Morgan fingerprint density at radius 2 is 2.33 bits per heavy atom. The standard InChI is InChI=1S/C12H16N4OS/c17-10(13-5-8-16-6-1-2-7-16)12-15-9-3-4-14-11(9)18-12/h3-4,14H,1-2,5-8H2,(H,13,17). The molecule has 0 bridgehead atoms. The van der Waals surface area contributed by atoms with E-state index in [-0.39, 0.29) is 5.91 Å². The fraction of sp³-hybridized carbons (Fsp3) is 0.500. The normalized spacial score (nSPS) is 16.4. The molecule has 0 saturated carbocycles. The number of carbonyl (C=O) groups excluding carboxylic acids is 1. The predicted molar refractivity (Wildman–Crippen MR) is 72.0 cm³/mol. The van der Waals surface area contributed by atoms with Gasteiger partial charge in [-0.1, -0.05) is 11.3 Å². The van der Waals surface area contributed by atoms with Gasteiger partial charge in [-0.3, -0.25) is 4.79 Å². The van der Waals surface area contributed by atoms with Crippen molar-refractivity contribution in [3.05, 3.63) is 17.3 Å². The van der Waals surface area contributed by atoms with Gasteiger partial charge in [0.15, 0.2) is 5.01 Å². The van der Waals surface area contributed by atoms with Gasteiger partial charge in [0.05, 0.1) is 0 Å². The maximum absolute atomic E-state index is 11.9. The van der Waals surface area contributed by atoms with Crippen LogP contribution < -0.4 is 5.32 Å². The van der Waals surface area contributed by atoms with Crippen molar-refractivity contribution in [1.29, 1.82) is 0 Å². The molecule has 1 amide bonds. The highest BCUT2D eigenvalue weighted by molar-refractivity contribution is 7.19. The van der Waals surface area contributed by atoms with Crippen molar-refractivity contribution in [1.82, 2.24) is 20.2 Å². The molecule has 3 heterocycles. The van der Waals surface area contributed by atoms with Gasteiger partial charge in [0.1, 0.15) is 10.3 Å². The maximum atomic E-state index is 11.9. The van der Waals surface area contributed by atoms with Gasteiger partial charge in [-0.25, -0.2) is 4.98 Å². The Morgan fingerprint density at radius 1 is 1.50 bits per heavy atom. The molecule has 96 valence electrons. The molecule has 2 aromatic rings. The lowest BCUT2D eigenvalue weighted by atomic mass is 10.4. The van der Waals surface area contributed by atoms with Crippen LogP contribution in [0, 0.1) is 0 Å². The van der Waals surface area contributed by atoms with Crippen LogP contribution in [0.2, 0.25) is 0 Å². The van der Waals surface area contributed by atoms with E-state index in [4.69, 9.17) is 0 Å². The Bertz CT molecular complexity index is 513. The summed E-state index contributed by atoms with van der Waals surface area (Å²) in [5, 5.41) is 3.47. The first-order valence-corrected chi connectivity index (χ1v) is 7.09. The molecular weight excluding hydrogens is 248 g/mol. The second-order valence-corrected chi connectivity index (χ2v) is 5.51. The lowest BCUT2D eigenvalue weighted by Gasteiger charge is -2.14. The fourth-order valence-electron chi connectivity index (χ4n) is 2.25. The van der Waals surface area contributed by atoms with Gasteiger partial charge in [0.2, 0.25) is 0 Å². The molecule has 0 atom stereocenters. The number of aromatic amines is 1. The SMILES string of the molecule is O=C(NCCN1CCCC1)c1nc2cc[nH]c2s1. The maximum Gasteiger partial charge on any atom is 0.280 e. The molecule has 0 radical (unpaired) electrons. The first-order chi connectivity index (χ1) is 8.83. The molecule has 1 aliphatic rings. The smallest absolute Gasteiger partial charge is 0.280 e. The van der Waals surface area contributed by atoms with Crippen LogP contribution in [0.25, 0.3) is 10.3 Å². The van der Waals surface area contributed by atoms with Crippen LogP contribution in [0.4, 0.5) is 0 Å². The van der Waals surface area contributed by atoms with Crippen molar-refractivity contribution in [2.24, 2.45) is 0 Å². The largest absolute Gasteiger partial charge is 0.352 e. The topological polar surface area (TPSA) is 61.0 Å². The molecule has 6 heteroatoms. The zero-order valence-corrected chi connectivity index (χ0v) is 10.9. The summed E-state index contributed by atoms with van der Waals surface area (Å²) in [7, 11) is 0.